The molecule has 8 nitrogen and oxygen atoms in total. The van der Waals surface area contributed by atoms with Crippen molar-refractivity contribution in [3.63, 3.8) is 0 Å². The molecule has 2 aliphatic heterocycles. The summed E-state index contributed by atoms with van der Waals surface area (Å²) < 4.78 is 0. The molecule has 0 radical (unpaired) electrons. The zero-order valence-corrected chi connectivity index (χ0v) is 18.5. The lowest BCUT2D eigenvalue weighted by Crippen LogP contribution is -2.52. The smallest absolute Gasteiger partial charge is 0.305 e. The molecule has 2 saturated heterocycles. The first kappa shape index (κ1) is 22.3. The Hall–Kier alpha value is -2.87. The van der Waals surface area contributed by atoms with Crippen molar-refractivity contribution in [3.05, 3.63) is 36.0 Å². The van der Waals surface area contributed by atoms with Crippen LogP contribution in [0.3, 0.4) is 0 Å². The number of hydrogen-bond donors (Lipinski definition) is 3. The molecule has 0 aliphatic carbocycles. The van der Waals surface area contributed by atoms with Crippen molar-refractivity contribution in [2.45, 2.75) is 38.1 Å². The standard InChI is InChI=1S/C24H32N4O4/c1-27-10-5-16(6-11-27)17-7-12-28(13-8-17)24(32)21(15-22(29)30)26-23(31)19-3-2-18-4-9-25-20(18)14-19/h2-4,9,14,16-17,21,25H,5-8,10-13,15H2,1H3,(H,26,31)(H,29,30)/t21-/m0/s1. The molecule has 2 aromatic rings. The van der Waals surface area contributed by atoms with Crippen molar-refractivity contribution >= 4 is 28.7 Å². The lowest BCUT2D eigenvalue weighted by Gasteiger charge is -2.40. The van der Waals surface area contributed by atoms with Crippen molar-refractivity contribution in [1.82, 2.24) is 20.1 Å². The summed E-state index contributed by atoms with van der Waals surface area (Å²) in [5, 5.41) is 13.0. The highest BCUT2D eigenvalue weighted by molar-refractivity contribution is 6.00. The van der Waals surface area contributed by atoms with Crippen LogP contribution in [0.2, 0.25) is 0 Å². The Morgan fingerprint density at radius 3 is 2.38 bits per heavy atom. The molecule has 1 aromatic heterocycles. The minimum Gasteiger partial charge on any atom is -0.481 e. The van der Waals surface area contributed by atoms with Gasteiger partial charge in [0.1, 0.15) is 6.04 Å². The Labute approximate surface area is 187 Å². The lowest BCUT2D eigenvalue weighted by atomic mass is 9.79. The topological polar surface area (TPSA) is 106 Å². The maximum Gasteiger partial charge on any atom is 0.305 e. The lowest BCUT2D eigenvalue weighted by molar-refractivity contribution is -0.143. The molecule has 172 valence electrons. The number of carboxylic acids is 1. The van der Waals surface area contributed by atoms with Gasteiger partial charge in [-0.3, -0.25) is 14.4 Å². The molecule has 1 aromatic carbocycles. The van der Waals surface area contributed by atoms with E-state index in [0.29, 0.717) is 30.5 Å². The van der Waals surface area contributed by atoms with E-state index in [1.165, 1.54) is 12.8 Å². The second-order valence-corrected chi connectivity index (χ2v) is 9.21. The van der Waals surface area contributed by atoms with Gasteiger partial charge in [-0.1, -0.05) is 6.07 Å². The average molecular weight is 441 g/mol. The van der Waals surface area contributed by atoms with Crippen LogP contribution in [0.5, 0.6) is 0 Å². The first-order valence-electron chi connectivity index (χ1n) is 11.5. The van der Waals surface area contributed by atoms with E-state index < -0.39 is 24.3 Å². The van der Waals surface area contributed by atoms with E-state index in [2.05, 4.69) is 22.2 Å². The molecule has 0 spiro atoms. The SMILES string of the molecule is CN1CCC(C2CCN(C(=O)[C@H](CC(=O)O)NC(=O)c3ccc4cc[nH]c4c3)CC2)CC1. The Morgan fingerprint density at radius 2 is 1.72 bits per heavy atom. The summed E-state index contributed by atoms with van der Waals surface area (Å²) in [5.41, 5.74) is 1.21. The first-order chi connectivity index (χ1) is 15.4. The molecule has 0 unspecified atom stereocenters. The van der Waals surface area contributed by atoms with Crippen molar-refractivity contribution in [2.75, 3.05) is 33.2 Å². The highest BCUT2D eigenvalue weighted by Gasteiger charge is 2.34. The largest absolute Gasteiger partial charge is 0.481 e. The summed E-state index contributed by atoms with van der Waals surface area (Å²) in [6.07, 6.45) is 5.66. The predicted molar refractivity (Wildman–Crippen MR) is 121 cm³/mol. The maximum absolute atomic E-state index is 13.1. The molecule has 0 saturated carbocycles. The van der Waals surface area contributed by atoms with E-state index in [0.717, 1.165) is 36.8 Å². The van der Waals surface area contributed by atoms with Crippen LogP contribution in [-0.4, -0.2) is 76.9 Å². The molecule has 32 heavy (non-hydrogen) atoms. The number of rotatable bonds is 6. The number of H-pyrrole nitrogens is 1. The van der Waals surface area contributed by atoms with E-state index >= 15 is 0 Å². The second kappa shape index (κ2) is 9.73. The van der Waals surface area contributed by atoms with Gasteiger partial charge in [0, 0.05) is 30.4 Å². The van der Waals surface area contributed by atoms with Crippen LogP contribution in [0.4, 0.5) is 0 Å². The van der Waals surface area contributed by atoms with E-state index in [4.69, 9.17) is 0 Å². The number of piperidine rings is 2. The van der Waals surface area contributed by atoms with Crippen molar-refractivity contribution in [3.8, 4) is 0 Å². The summed E-state index contributed by atoms with van der Waals surface area (Å²) in [6.45, 7) is 3.50. The number of amides is 2. The number of carbonyl (C=O) groups is 3. The minimum atomic E-state index is -1.11. The Morgan fingerprint density at radius 1 is 1.06 bits per heavy atom. The van der Waals surface area contributed by atoms with Crippen LogP contribution in [0.1, 0.15) is 42.5 Å². The highest BCUT2D eigenvalue weighted by atomic mass is 16.4. The number of nitrogens with zero attached hydrogens (tertiary/aromatic N) is 2. The van der Waals surface area contributed by atoms with Gasteiger partial charge in [0.2, 0.25) is 5.91 Å². The first-order valence-corrected chi connectivity index (χ1v) is 11.5. The van der Waals surface area contributed by atoms with Crippen LogP contribution >= 0.6 is 0 Å². The van der Waals surface area contributed by atoms with Gasteiger partial charge in [0.15, 0.2) is 0 Å². The Kier molecular flexibility index (Phi) is 6.79. The van der Waals surface area contributed by atoms with Crippen LogP contribution < -0.4 is 5.32 Å². The number of fused-ring (bicyclic) bond motifs is 1. The second-order valence-electron chi connectivity index (χ2n) is 9.21. The zero-order valence-electron chi connectivity index (χ0n) is 18.5. The summed E-state index contributed by atoms with van der Waals surface area (Å²) >= 11 is 0. The molecule has 0 bridgehead atoms. The molecule has 3 N–H and O–H groups in total. The van der Waals surface area contributed by atoms with Gasteiger partial charge in [-0.15, -0.1) is 0 Å². The van der Waals surface area contributed by atoms with Gasteiger partial charge < -0.3 is 25.2 Å². The molecule has 3 heterocycles. The predicted octanol–water partition coefficient (Wildman–Crippen LogP) is 2.32. The molecule has 1 atom stereocenters. The summed E-state index contributed by atoms with van der Waals surface area (Å²) in [5.74, 6) is -0.524. The molecule has 4 rings (SSSR count). The van der Waals surface area contributed by atoms with Gasteiger partial charge >= 0.3 is 5.97 Å². The van der Waals surface area contributed by atoms with E-state index in [9.17, 15) is 19.5 Å². The Bertz CT molecular complexity index is 971. The fourth-order valence-corrected chi connectivity index (χ4v) is 5.12. The Balaban J connectivity index is 1.37. The number of aliphatic carboxylic acids is 1. The summed E-state index contributed by atoms with van der Waals surface area (Å²) in [6, 6.07) is 6.05. The van der Waals surface area contributed by atoms with Crippen LogP contribution in [0.25, 0.3) is 10.9 Å². The monoisotopic (exact) mass is 440 g/mol. The average Bonchev–Trinajstić information content (AvgIpc) is 3.26. The summed E-state index contributed by atoms with van der Waals surface area (Å²) in [4.78, 5) is 44.5. The third kappa shape index (κ3) is 5.12. The van der Waals surface area contributed by atoms with Gasteiger partial charge in [-0.25, -0.2) is 0 Å². The van der Waals surface area contributed by atoms with Crippen molar-refractivity contribution in [2.24, 2.45) is 11.8 Å². The maximum atomic E-state index is 13.1. The number of aromatic nitrogens is 1. The van der Waals surface area contributed by atoms with Gasteiger partial charge in [0.05, 0.1) is 6.42 Å². The fraction of sp³-hybridized carbons (Fsp3) is 0.542. The van der Waals surface area contributed by atoms with E-state index in [1.54, 1.807) is 23.2 Å². The third-order valence-corrected chi connectivity index (χ3v) is 7.08. The molecule has 2 aliphatic rings. The number of carboxylic acid groups (broad SMARTS) is 1. The van der Waals surface area contributed by atoms with Gasteiger partial charge in [0.25, 0.3) is 5.91 Å². The van der Waals surface area contributed by atoms with Gasteiger partial charge in [-0.05, 0) is 81.2 Å². The third-order valence-electron chi connectivity index (χ3n) is 7.08. The van der Waals surface area contributed by atoms with Crippen LogP contribution in [0, 0.1) is 11.8 Å². The number of benzene rings is 1. The fourth-order valence-electron chi connectivity index (χ4n) is 5.12. The zero-order chi connectivity index (χ0) is 22.7. The van der Waals surface area contributed by atoms with Crippen molar-refractivity contribution < 1.29 is 19.5 Å². The minimum absolute atomic E-state index is 0.302. The molecule has 2 fully saturated rings. The van der Waals surface area contributed by atoms with Gasteiger partial charge in [-0.2, -0.15) is 0 Å². The van der Waals surface area contributed by atoms with E-state index in [1.807, 2.05) is 12.1 Å². The molecule has 2 amide bonds. The normalized spacial score (nSPS) is 19.7. The van der Waals surface area contributed by atoms with Crippen LogP contribution in [-0.2, 0) is 9.59 Å². The summed E-state index contributed by atoms with van der Waals surface area (Å²) in [7, 11) is 2.16. The van der Waals surface area contributed by atoms with Crippen molar-refractivity contribution in [1.29, 1.82) is 0 Å². The molecular weight excluding hydrogens is 408 g/mol. The molecule has 8 heteroatoms. The quantitative estimate of drug-likeness (QED) is 0.639. The molecular formula is C24H32N4O4. The number of hydrogen-bond acceptors (Lipinski definition) is 4. The number of likely N-dealkylation sites (tertiary alicyclic amines) is 2. The number of aromatic amines is 1. The van der Waals surface area contributed by atoms with E-state index in [-0.39, 0.29) is 5.91 Å². The highest BCUT2D eigenvalue weighted by Crippen LogP contribution is 2.32. The van der Waals surface area contributed by atoms with Crippen LogP contribution in [0.15, 0.2) is 30.5 Å². The number of carbonyl (C=O) groups excluding carboxylic acids is 2. The number of nitrogens with one attached hydrogen (secondary N) is 2.